The van der Waals surface area contributed by atoms with E-state index in [1.807, 2.05) is 0 Å². The average molecular weight is 528 g/mol. The van der Waals surface area contributed by atoms with Gasteiger partial charge < -0.3 is 30.8 Å². The van der Waals surface area contributed by atoms with Crippen molar-refractivity contribution in [2.45, 2.75) is 37.8 Å². The van der Waals surface area contributed by atoms with Crippen molar-refractivity contribution in [2.24, 2.45) is 5.16 Å². The number of rotatable bonds is 10. The zero-order valence-electron chi connectivity index (χ0n) is 18.4. The van der Waals surface area contributed by atoms with Crippen molar-refractivity contribution in [1.29, 1.82) is 0 Å². The molecule has 1 aromatic rings. The maximum absolute atomic E-state index is 13.0. The summed E-state index contributed by atoms with van der Waals surface area (Å²) in [7, 11) is 0. The van der Waals surface area contributed by atoms with Gasteiger partial charge in [-0.2, -0.15) is 0 Å². The first-order chi connectivity index (χ1) is 16.5. The molecule has 0 aliphatic carbocycles. The zero-order chi connectivity index (χ0) is 25.9. The molecule has 2 aliphatic rings. The van der Waals surface area contributed by atoms with E-state index in [9.17, 15) is 29.1 Å². The fourth-order valence-electron chi connectivity index (χ4n) is 3.22. The fraction of sp³-hybridized carbons (Fsp3) is 0.421. The van der Waals surface area contributed by atoms with Crippen molar-refractivity contribution < 1.29 is 43.8 Å². The highest BCUT2D eigenvalue weighted by Gasteiger charge is 2.54. The molecular weight excluding hydrogens is 506 g/mol. The Morgan fingerprint density at radius 2 is 2.09 bits per heavy atom. The molecule has 188 valence electrons. The van der Waals surface area contributed by atoms with Crippen LogP contribution in [0.15, 0.2) is 21.8 Å². The number of nitrogens with one attached hydrogen (secondary N) is 1. The van der Waals surface area contributed by atoms with Crippen molar-refractivity contribution in [3.8, 4) is 0 Å². The largest absolute Gasteiger partial charge is 0.481 e. The molecule has 3 heterocycles. The average Bonchev–Trinajstić information content (AvgIpc) is 3.20. The first kappa shape index (κ1) is 26.0. The van der Waals surface area contributed by atoms with E-state index >= 15 is 0 Å². The lowest BCUT2D eigenvalue weighted by molar-refractivity contribution is -0.150. The van der Waals surface area contributed by atoms with Crippen molar-refractivity contribution in [3.63, 3.8) is 0 Å². The van der Waals surface area contributed by atoms with E-state index in [4.69, 9.17) is 20.4 Å². The third kappa shape index (κ3) is 5.89. The van der Waals surface area contributed by atoms with Gasteiger partial charge in [0.1, 0.15) is 35.5 Å². The smallest absolute Gasteiger partial charge is 0.352 e. The van der Waals surface area contributed by atoms with E-state index in [1.165, 1.54) is 31.0 Å². The summed E-state index contributed by atoms with van der Waals surface area (Å²) >= 11 is 2.22. The summed E-state index contributed by atoms with van der Waals surface area (Å²) in [5.74, 6) is -4.44. The number of oxime groups is 1. The molecule has 14 nitrogen and oxygen atoms in total. The summed E-state index contributed by atoms with van der Waals surface area (Å²) in [5, 5.41) is 25.6. The minimum Gasteiger partial charge on any atom is -0.481 e. The van der Waals surface area contributed by atoms with Gasteiger partial charge in [-0.1, -0.05) is 5.16 Å². The number of thioether (sulfide) groups is 1. The second kappa shape index (κ2) is 10.7. The van der Waals surface area contributed by atoms with Crippen LogP contribution in [0.3, 0.4) is 0 Å². The number of carboxylic acids is 2. The third-order valence-electron chi connectivity index (χ3n) is 4.75. The Balaban J connectivity index is 1.78. The van der Waals surface area contributed by atoms with Crippen molar-refractivity contribution >= 4 is 63.7 Å². The molecule has 1 aromatic heterocycles. The Labute approximate surface area is 206 Å². The predicted molar refractivity (Wildman–Crippen MR) is 122 cm³/mol. The van der Waals surface area contributed by atoms with Crippen LogP contribution in [0.4, 0.5) is 5.13 Å². The first-order valence-corrected chi connectivity index (χ1v) is 11.9. The van der Waals surface area contributed by atoms with E-state index in [-0.39, 0.29) is 46.6 Å². The molecule has 1 fully saturated rings. The molecule has 35 heavy (non-hydrogen) atoms. The number of anilines is 1. The van der Waals surface area contributed by atoms with Gasteiger partial charge in [0.15, 0.2) is 10.8 Å². The molecule has 2 aliphatic heterocycles. The normalized spacial score (nSPS) is 20.5. The van der Waals surface area contributed by atoms with Crippen molar-refractivity contribution in [1.82, 2.24) is 15.2 Å². The maximum Gasteiger partial charge on any atom is 0.352 e. The summed E-state index contributed by atoms with van der Waals surface area (Å²) in [6.07, 6.45) is -1.23. The highest BCUT2D eigenvalue weighted by molar-refractivity contribution is 8.00. The first-order valence-electron chi connectivity index (χ1n) is 10.0. The number of amides is 2. The molecule has 5 N–H and O–H groups in total. The summed E-state index contributed by atoms with van der Waals surface area (Å²) in [4.78, 5) is 69.7. The van der Waals surface area contributed by atoms with Crippen LogP contribution in [0.2, 0.25) is 0 Å². The Hall–Kier alpha value is -3.66. The Morgan fingerprint density at radius 3 is 2.66 bits per heavy atom. The van der Waals surface area contributed by atoms with Gasteiger partial charge in [0.2, 0.25) is 0 Å². The number of thiazole rings is 1. The van der Waals surface area contributed by atoms with Gasteiger partial charge in [-0.05, 0) is 6.92 Å². The van der Waals surface area contributed by atoms with E-state index in [1.54, 1.807) is 0 Å². The zero-order valence-corrected chi connectivity index (χ0v) is 20.1. The SMILES string of the molecule is CC(=O)OCC1=C(C(=O)O)N2C(=O)[C@@H](NC(=O)/C(=N\O[C@H](C)CC(=O)O)c3csc(N)n3)[C@H]2SC1. The van der Waals surface area contributed by atoms with E-state index < -0.39 is 47.2 Å². The molecule has 0 radical (unpaired) electrons. The molecule has 0 aromatic carbocycles. The second-order valence-corrected chi connectivity index (χ2v) is 9.42. The van der Waals surface area contributed by atoms with E-state index in [0.717, 1.165) is 16.2 Å². The van der Waals surface area contributed by atoms with Gasteiger partial charge in [-0.3, -0.25) is 24.1 Å². The van der Waals surface area contributed by atoms with Gasteiger partial charge in [-0.15, -0.1) is 23.1 Å². The molecule has 2 amide bonds. The molecule has 0 saturated carbocycles. The van der Waals surface area contributed by atoms with Gasteiger partial charge in [0, 0.05) is 23.6 Å². The van der Waals surface area contributed by atoms with Gasteiger partial charge in [0.25, 0.3) is 11.8 Å². The van der Waals surface area contributed by atoms with Crippen LogP contribution in [0.1, 0.15) is 26.0 Å². The molecule has 0 spiro atoms. The number of aliphatic carboxylic acids is 2. The molecular formula is C19H21N5O9S2. The molecule has 1 saturated heterocycles. The number of hydrogen-bond donors (Lipinski definition) is 4. The standard InChI is InChI=1S/C19H21N5O9S2/c1-7(3-11(26)27)33-23-12(10-6-35-19(20)21-10)15(28)22-13-16(29)24-14(18(30)31)9(4-32-8(2)25)5-34-17(13)24/h6-7,13,17H,3-5H2,1-2H3,(H2,20,21)(H,22,28)(H,26,27)(H,30,31)/b23-12-/t7-,13-,17-/m1/s1. The number of carbonyl (C=O) groups is 5. The number of esters is 1. The lowest BCUT2D eigenvalue weighted by Crippen LogP contribution is -2.71. The number of nitrogens with two attached hydrogens (primary N) is 1. The number of hydrogen-bond acceptors (Lipinski definition) is 12. The van der Waals surface area contributed by atoms with Gasteiger partial charge in [0.05, 0.1) is 6.42 Å². The lowest BCUT2D eigenvalue weighted by atomic mass is 10.0. The van der Waals surface area contributed by atoms with Crippen LogP contribution in [0.5, 0.6) is 0 Å². The number of carboxylic acid groups (broad SMARTS) is 2. The van der Waals surface area contributed by atoms with Gasteiger partial charge in [-0.25, -0.2) is 9.78 Å². The molecule has 0 bridgehead atoms. The minimum atomic E-state index is -1.36. The Bertz CT molecular complexity index is 1130. The molecule has 0 unspecified atom stereocenters. The van der Waals surface area contributed by atoms with Crippen LogP contribution >= 0.6 is 23.1 Å². The summed E-state index contributed by atoms with van der Waals surface area (Å²) in [5.41, 5.74) is 5.33. The van der Waals surface area contributed by atoms with E-state index in [2.05, 4.69) is 15.5 Å². The number of β-lactam (4-membered cyclic amide) rings is 1. The van der Waals surface area contributed by atoms with Crippen molar-refractivity contribution in [2.75, 3.05) is 18.1 Å². The second-order valence-electron chi connectivity index (χ2n) is 7.42. The van der Waals surface area contributed by atoms with Crippen LogP contribution in [-0.4, -0.2) is 85.4 Å². The lowest BCUT2D eigenvalue weighted by Gasteiger charge is -2.49. The number of nitrogen functional groups attached to an aromatic ring is 1. The van der Waals surface area contributed by atoms with E-state index in [0.29, 0.717) is 0 Å². The van der Waals surface area contributed by atoms with Crippen LogP contribution < -0.4 is 11.1 Å². The third-order valence-corrected chi connectivity index (χ3v) is 6.77. The summed E-state index contributed by atoms with van der Waals surface area (Å²) in [6, 6.07) is -1.07. The topological polar surface area (TPSA) is 211 Å². The Morgan fingerprint density at radius 1 is 1.37 bits per heavy atom. The molecule has 3 atom stereocenters. The summed E-state index contributed by atoms with van der Waals surface area (Å²) in [6.45, 7) is 2.36. The van der Waals surface area contributed by atoms with Crippen LogP contribution in [0, 0.1) is 0 Å². The monoisotopic (exact) mass is 527 g/mol. The summed E-state index contributed by atoms with van der Waals surface area (Å²) < 4.78 is 4.88. The molecule has 16 heteroatoms. The highest BCUT2D eigenvalue weighted by atomic mass is 32.2. The molecule has 3 rings (SSSR count). The number of carbonyl (C=O) groups excluding carboxylic acids is 3. The number of nitrogens with zero attached hydrogens (tertiary/aromatic N) is 3. The minimum absolute atomic E-state index is 0.0576. The number of ether oxygens (including phenoxy) is 1. The highest BCUT2D eigenvalue weighted by Crippen LogP contribution is 2.40. The van der Waals surface area contributed by atoms with Crippen LogP contribution in [0.25, 0.3) is 0 Å². The number of aromatic nitrogens is 1. The quantitative estimate of drug-likeness (QED) is 0.133. The number of fused-ring (bicyclic) bond motifs is 1. The Kier molecular flexibility index (Phi) is 7.96. The van der Waals surface area contributed by atoms with Crippen molar-refractivity contribution in [3.05, 3.63) is 22.3 Å². The predicted octanol–water partition coefficient (Wildman–Crippen LogP) is -0.389. The maximum atomic E-state index is 13.0. The van der Waals surface area contributed by atoms with Gasteiger partial charge >= 0.3 is 17.9 Å². The fourth-order valence-corrected chi connectivity index (χ4v) is 5.09. The van der Waals surface area contributed by atoms with Crippen LogP contribution in [-0.2, 0) is 33.5 Å².